The first-order valence-corrected chi connectivity index (χ1v) is 5.11. The first-order valence-electron chi connectivity index (χ1n) is 5.11. The fourth-order valence-corrected chi connectivity index (χ4v) is 1.37. The Morgan fingerprint density at radius 3 is 2.60 bits per heavy atom. The zero-order valence-corrected chi connectivity index (χ0v) is 9.74. The summed E-state index contributed by atoms with van der Waals surface area (Å²) in [6.07, 6.45) is 0. The van der Waals surface area contributed by atoms with Gasteiger partial charge >= 0.3 is 0 Å². The zero-order valence-electron chi connectivity index (χ0n) is 9.74. The van der Waals surface area contributed by atoms with Gasteiger partial charge in [0.2, 0.25) is 0 Å². The Morgan fingerprint density at radius 2 is 2.13 bits per heavy atom. The van der Waals surface area contributed by atoms with E-state index in [0.29, 0.717) is 30.2 Å². The standard InChI is InChI=1S/C10H18N4O/c1-5-13(4)10(15)9-8(11)7(3)12-14(9)6-2/h5-6,11H2,1-4H3. The fourth-order valence-electron chi connectivity index (χ4n) is 1.37. The molecule has 1 amide bonds. The van der Waals surface area contributed by atoms with Gasteiger partial charge in [-0.1, -0.05) is 0 Å². The Labute approximate surface area is 89.9 Å². The van der Waals surface area contributed by atoms with Crippen molar-refractivity contribution in [3.8, 4) is 0 Å². The number of aryl methyl sites for hydroxylation is 2. The van der Waals surface area contributed by atoms with Gasteiger partial charge in [-0.25, -0.2) is 0 Å². The van der Waals surface area contributed by atoms with E-state index in [-0.39, 0.29) is 5.91 Å². The minimum atomic E-state index is -0.0718. The highest BCUT2D eigenvalue weighted by Gasteiger charge is 2.21. The van der Waals surface area contributed by atoms with Crippen LogP contribution in [0.15, 0.2) is 0 Å². The molecule has 1 aromatic rings. The largest absolute Gasteiger partial charge is 0.395 e. The molecule has 0 spiro atoms. The number of carbonyl (C=O) groups is 1. The molecule has 84 valence electrons. The topological polar surface area (TPSA) is 64.2 Å². The predicted octanol–water partition coefficient (Wildman–Crippen LogP) is 0.886. The Bertz CT molecular complexity index is 370. The third kappa shape index (κ3) is 1.95. The van der Waals surface area contributed by atoms with E-state index in [2.05, 4.69) is 5.10 Å². The van der Waals surface area contributed by atoms with Crippen LogP contribution < -0.4 is 5.73 Å². The number of carbonyl (C=O) groups excluding carboxylic acids is 1. The molecule has 0 radical (unpaired) electrons. The molecule has 0 aliphatic carbocycles. The van der Waals surface area contributed by atoms with Gasteiger partial charge in [-0.2, -0.15) is 5.10 Å². The van der Waals surface area contributed by atoms with Crippen LogP contribution in [0.4, 0.5) is 5.69 Å². The smallest absolute Gasteiger partial charge is 0.274 e. The first kappa shape index (κ1) is 11.6. The molecule has 0 aromatic carbocycles. The average molecular weight is 210 g/mol. The van der Waals surface area contributed by atoms with Crippen LogP contribution >= 0.6 is 0 Å². The summed E-state index contributed by atoms with van der Waals surface area (Å²) in [6.45, 7) is 6.98. The lowest BCUT2D eigenvalue weighted by molar-refractivity contribution is 0.0791. The van der Waals surface area contributed by atoms with Gasteiger partial charge in [-0.15, -0.1) is 0 Å². The minimum absolute atomic E-state index is 0.0718. The molecule has 0 fully saturated rings. The second-order valence-electron chi connectivity index (χ2n) is 3.48. The van der Waals surface area contributed by atoms with Crippen molar-refractivity contribution in [3.05, 3.63) is 11.4 Å². The summed E-state index contributed by atoms with van der Waals surface area (Å²) < 4.78 is 1.65. The van der Waals surface area contributed by atoms with E-state index >= 15 is 0 Å². The van der Waals surface area contributed by atoms with Crippen molar-refractivity contribution >= 4 is 11.6 Å². The monoisotopic (exact) mass is 210 g/mol. The van der Waals surface area contributed by atoms with Crippen LogP contribution in [0.3, 0.4) is 0 Å². The highest BCUT2D eigenvalue weighted by molar-refractivity contribution is 5.97. The van der Waals surface area contributed by atoms with E-state index in [1.165, 1.54) is 0 Å². The van der Waals surface area contributed by atoms with Crippen LogP contribution in [0, 0.1) is 6.92 Å². The van der Waals surface area contributed by atoms with Gasteiger partial charge < -0.3 is 10.6 Å². The molecule has 0 atom stereocenters. The molecule has 0 aliphatic rings. The Balaban J connectivity index is 3.17. The lowest BCUT2D eigenvalue weighted by Gasteiger charge is -2.15. The molecule has 0 unspecified atom stereocenters. The molecule has 0 saturated carbocycles. The van der Waals surface area contributed by atoms with Gasteiger partial charge in [0, 0.05) is 20.1 Å². The highest BCUT2D eigenvalue weighted by atomic mass is 16.2. The number of hydrogen-bond donors (Lipinski definition) is 1. The number of rotatable bonds is 3. The summed E-state index contributed by atoms with van der Waals surface area (Å²) in [4.78, 5) is 13.6. The van der Waals surface area contributed by atoms with E-state index in [4.69, 9.17) is 5.73 Å². The summed E-state index contributed by atoms with van der Waals surface area (Å²) in [5.74, 6) is -0.0718. The Morgan fingerprint density at radius 1 is 1.53 bits per heavy atom. The maximum absolute atomic E-state index is 12.0. The van der Waals surface area contributed by atoms with E-state index in [1.807, 2.05) is 20.8 Å². The SMILES string of the molecule is CCN(C)C(=O)c1c(N)c(C)nn1CC. The lowest BCUT2D eigenvalue weighted by atomic mass is 10.2. The van der Waals surface area contributed by atoms with Gasteiger partial charge in [-0.05, 0) is 20.8 Å². The molecule has 1 aromatic heterocycles. The molecule has 5 nitrogen and oxygen atoms in total. The summed E-state index contributed by atoms with van der Waals surface area (Å²) in [5.41, 5.74) is 7.54. The molecule has 1 rings (SSSR count). The summed E-state index contributed by atoms with van der Waals surface area (Å²) in [7, 11) is 1.75. The van der Waals surface area contributed by atoms with Crippen molar-refractivity contribution in [2.45, 2.75) is 27.3 Å². The molecule has 0 aliphatic heterocycles. The van der Waals surface area contributed by atoms with Gasteiger partial charge in [-0.3, -0.25) is 9.48 Å². The molecule has 15 heavy (non-hydrogen) atoms. The average Bonchev–Trinajstić information content (AvgIpc) is 2.53. The van der Waals surface area contributed by atoms with E-state index in [1.54, 1.807) is 16.6 Å². The van der Waals surface area contributed by atoms with Gasteiger partial charge in [0.25, 0.3) is 5.91 Å². The predicted molar refractivity (Wildman–Crippen MR) is 59.7 cm³/mol. The van der Waals surface area contributed by atoms with E-state index in [9.17, 15) is 4.79 Å². The van der Waals surface area contributed by atoms with Crippen LogP contribution in [0.1, 0.15) is 30.0 Å². The molecular formula is C10H18N4O. The molecular weight excluding hydrogens is 192 g/mol. The van der Waals surface area contributed by atoms with Crippen molar-refractivity contribution in [3.63, 3.8) is 0 Å². The molecule has 5 heteroatoms. The number of aromatic nitrogens is 2. The highest BCUT2D eigenvalue weighted by Crippen LogP contribution is 2.17. The molecule has 0 saturated heterocycles. The van der Waals surface area contributed by atoms with Crippen molar-refractivity contribution < 1.29 is 4.79 Å². The molecule has 0 bridgehead atoms. The van der Waals surface area contributed by atoms with Crippen LogP contribution in [-0.2, 0) is 6.54 Å². The third-order valence-corrected chi connectivity index (χ3v) is 2.50. The van der Waals surface area contributed by atoms with Crippen molar-refractivity contribution in [2.75, 3.05) is 19.3 Å². The van der Waals surface area contributed by atoms with Gasteiger partial charge in [0.1, 0.15) is 5.69 Å². The zero-order chi connectivity index (χ0) is 11.6. The van der Waals surface area contributed by atoms with Crippen molar-refractivity contribution in [1.82, 2.24) is 14.7 Å². The summed E-state index contributed by atoms with van der Waals surface area (Å²) in [6, 6.07) is 0. The van der Waals surface area contributed by atoms with E-state index < -0.39 is 0 Å². The van der Waals surface area contributed by atoms with E-state index in [0.717, 1.165) is 0 Å². The normalized spacial score (nSPS) is 10.4. The maximum Gasteiger partial charge on any atom is 0.274 e. The van der Waals surface area contributed by atoms with Crippen LogP contribution in [-0.4, -0.2) is 34.2 Å². The van der Waals surface area contributed by atoms with Crippen LogP contribution in [0.5, 0.6) is 0 Å². The molecule has 1 heterocycles. The van der Waals surface area contributed by atoms with Crippen LogP contribution in [0.2, 0.25) is 0 Å². The Hall–Kier alpha value is -1.52. The number of nitrogen functional groups attached to an aromatic ring is 1. The van der Waals surface area contributed by atoms with Gasteiger partial charge in [0.15, 0.2) is 0 Å². The van der Waals surface area contributed by atoms with Crippen molar-refractivity contribution in [1.29, 1.82) is 0 Å². The second-order valence-corrected chi connectivity index (χ2v) is 3.48. The number of nitrogens with two attached hydrogens (primary N) is 1. The summed E-state index contributed by atoms with van der Waals surface area (Å²) in [5, 5.41) is 4.21. The van der Waals surface area contributed by atoms with Gasteiger partial charge in [0.05, 0.1) is 11.4 Å². The Kier molecular flexibility index (Phi) is 3.34. The lowest BCUT2D eigenvalue weighted by Crippen LogP contribution is -2.29. The number of amides is 1. The second kappa shape index (κ2) is 4.33. The third-order valence-electron chi connectivity index (χ3n) is 2.50. The quantitative estimate of drug-likeness (QED) is 0.805. The summed E-state index contributed by atoms with van der Waals surface area (Å²) >= 11 is 0. The number of hydrogen-bond acceptors (Lipinski definition) is 3. The number of nitrogens with zero attached hydrogens (tertiary/aromatic N) is 3. The van der Waals surface area contributed by atoms with Crippen LogP contribution in [0.25, 0.3) is 0 Å². The fraction of sp³-hybridized carbons (Fsp3) is 0.600. The minimum Gasteiger partial charge on any atom is -0.395 e. The number of anilines is 1. The molecule has 2 N–H and O–H groups in total. The van der Waals surface area contributed by atoms with Crippen molar-refractivity contribution in [2.24, 2.45) is 0 Å². The first-order chi connectivity index (χ1) is 7.02. The maximum atomic E-state index is 12.0.